The molecule has 0 spiro atoms. The molecule has 8 heteroatoms. The van der Waals surface area contributed by atoms with Gasteiger partial charge in [-0.25, -0.2) is 0 Å². The first-order valence-electron chi connectivity index (χ1n) is 7.29. The monoisotopic (exact) mass is 393 g/mol. The van der Waals surface area contributed by atoms with Crippen LogP contribution in [0.25, 0.3) is 0 Å². The molecule has 0 radical (unpaired) electrons. The van der Waals surface area contributed by atoms with E-state index in [-0.39, 0.29) is 16.9 Å². The van der Waals surface area contributed by atoms with Crippen molar-refractivity contribution >= 4 is 63.9 Å². The van der Waals surface area contributed by atoms with Crippen molar-refractivity contribution in [3.8, 4) is 0 Å². The van der Waals surface area contributed by atoms with Gasteiger partial charge in [0, 0.05) is 28.2 Å². The Hall–Kier alpha value is -2.09. The second-order valence-corrected chi connectivity index (χ2v) is 6.90. The van der Waals surface area contributed by atoms with E-state index in [1.807, 2.05) is 12.1 Å². The summed E-state index contributed by atoms with van der Waals surface area (Å²) in [6.45, 7) is 1.38. The molecule has 3 N–H and O–H groups in total. The van der Waals surface area contributed by atoms with Crippen molar-refractivity contribution in [3.63, 3.8) is 0 Å². The molecule has 0 aliphatic carbocycles. The minimum Gasteiger partial charge on any atom is -0.332 e. The Labute approximate surface area is 160 Å². The zero-order valence-electron chi connectivity index (χ0n) is 13.3. The third kappa shape index (κ3) is 7.13. The molecular formula is C17H16ClN3O2S2. The van der Waals surface area contributed by atoms with Crippen LogP contribution >= 0.6 is 35.6 Å². The normalized spacial score (nSPS) is 10.0. The fraction of sp³-hybridized carbons (Fsp3) is 0.118. The second kappa shape index (κ2) is 9.41. The smallest absolute Gasteiger partial charge is 0.234 e. The summed E-state index contributed by atoms with van der Waals surface area (Å²) in [5.41, 5.74) is 1.39. The summed E-state index contributed by atoms with van der Waals surface area (Å²) in [7, 11) is 0. The molecule has 0 aliphatic rings. The van der Waals surface area contributed by atoms with Gasteiger partial charge in [0.2, 0.25) is 11.8 Å². The molecule has 2 rings (SSSR count). The summed E-state index contributed by atoms with van der Waals surface area (Å²) < 4.78 is 0. The SMILES string of the molecule is CC(=O)NC(=S)Nc1ccc(NC(=O)CSc2ccc(Cl)cc2)cc1. The lowest BCUT2D eigenvalue weighted by Gasteiger charge is -2.09. The van der Waals surface area contributed by atoms with Gasteiger partial charge >= 0.3 is 0 Å². The van der Waals surface area contributed by atoms with Crippen LogP contribution in [0.5, 0.6) is 0 Å². The first-order chi connectivity index (χ1) is 11.9. The molecule has 0 atom stereocenters. The lowest BCUT2D eigenvalue weighted by molar-refractivity contribution is -0.117. The van der Waals surface area contributed by atoms with Crippen LogP contribution in [0, 0.1) is 0 Å². The van der Waals surface area contributed by atoms with Crippen LogP contribution in [0.3, 0.4) is 0 Å². The van der Waals surface area contributed by atoms with Gasteiger partial charge in [0.15, 0.2) is 5.11 Å². The Morgan fingerprint density at radius 1 is 1.00 bits per heavy atom. The first-order valence-corrected chi connectivity index (χ1v) is 9.06. The van der Waals surface area contributed by atoms with Crippen LogP contribution in [0.1, 0.15) is 6.92 Å². The predicted octanol–water partition coefficient (Wildman–Crippen LogP) is 3.90. The van der Waals surface area contributed by atoms with Crippen LogP contribution in [-0.4, -0.2) is 22.7 Å². The number of benzene rings is 2. The third-order valence-corrected chi connectivity index (χ3v) is 4.37. The molecule has 0 saturated heterocycles. The van der Waals surface area contributed by atoms with Crippen molar-refractivity contribution in [1.29, 1.82) is 0 Å². The second-order valence-electron chi connectivity index (χ2n) is 5.00. The van der Waals surface area contributed by atoms with Crippen molar-refractivity contribution in [3.05, 3.63) is 53.6 Å². The van der Waals surface area contributed by atoms with Crippen molar-refractivity contribution < 1.29 is 9.59 Å². The Morgan fingerprint density at radius 2 is 1.56 bits per heavy atom. The van der Waals surface area contributed by atoms with Gasteiger partial charge in [-0.05, 0) is 60.7 Å². The van der Waals surface area contributed by atoms with Gasteiger partial charge in [-0.15, -0.1) is 11.8 Å². The van der Waals surface area contributed by atoms with Crippen LogP contribution in [0.2, 0.25) is 5.02 Å². The predicted molar refractivity (Wildman–Crippen MR) is 107 cm³/mol. The molecule has 5 nitrogen and oxygen atoms in total. The standard InChI is InChI=1S/C17H16ClN3O2S2/c1-11(22)19-17(24)21-14-6-4-13(5-7-14)20-16(23)10-25-15-8-2-12(18)3-9-15/h2-9H,10H2,1H3,(H,20,23)(H2,19,21,22,24). The van der Waals surface area contributed by atoms with Gasteiger partial charge in [-0.2, -0.15) is 0 Å². The van der Waals surface area contributed by atoms with Crippen LogP contribution in [0.15, 0.2) is 53.4 Å². The zero-order chi connectivity index (χ0) is 18.2. The van der Waals surface area contributed by atoms with Gasteiger partial charge in [0.25, 0.3) is 0 Å². The molecule has 2 aromatic rings. The lowest BCUT2D eigenvalue weighted by Crippen LogP contribution is -2.32. The Morgan fingerprint density at radius 3 is 2.12 bits per heavy atom. The maximum absolute atomic E-state index is 12.0. The number of halogens is 1. The Bertz CT molecular complexity index is 764. The summed E-state index contributed by atoms with van der Waals surface area (Å²) in [6, 6.07) is 14.4. The van der Waals surface area contributed by atoms with E-state index < -0.39 is 0 Å². The molecule has 0 heterocycles. The van der Waals surface area contributed by atoms with E-state index >= 15 is 0 Å². The van der Waals surface area contributed by atoms with Crippen LogP contribution < -0.4 is 16.0 Å². The number of anilines is 2. The van der Waals surface area contributed by atoms with Gasteiger partial charge in [-0.1, -0.05) is 11.6 Å². The molecule has 25 heavy (non-hydrogen) atoms. The Balaban J connectivity index is 1.81. The molecule has 0 saturated carbocycles. The highest BCUT2D eigenvalue weighted by atomic mass is 35.5. The number of nitrogens with one attached hydrogen (secondary N) is 3. The maximum atomic E-state index is 12.0. The molecule has 0 aliphatic heterocycles. The summed E-state index contributed by atoms with van der Waals surface area (Å²) in [6.07, 6.45) is 0. The highest BCUT2D eigenvalue weighted by Crippen LogP contribution is 2.21. The van der Waals surface area contributed by atoms with E-state index in [9.17, 15) is 9.59 Å². The van der Waals surface area contributed by atoms with E-state index in [1.165, 1.54) is 18.7 Å². The van der Waals surface area contributed by atoms with E-state index in [0.717, 1.165) is 4.90 Å². The highest BCUT2D eigenvalue weighted by molar-refractivity contribution is 8.00. The number of thiocarbonyl (C=S) groups is 1. The quantitative estimate of drug-likeness (QED) is 0.530. The molecule has 130 valence electrons. The number of hydrogen-bond acceptors (Lipinski definition) is 4. The number of amides is 2. The average Bonchev–Trinajstić information content (AvgIpc) is 2.55. The summed E-state index contributed by atoms with van der Waals surface area (Å²) in [5.74, 6) is -0.0390. The average molecular weight is 394 g/mol. The highest BCUT2D eigenvalue weighted by Gasteiger charge is 2.05. The van der Waals surface area contributed by atoms with E-state index in [2.05, 4.69) is 16.0 Å². The minimum absolute atomic E-state index is 0.102. The van der Waals surface area contributed by atoms with Gasteiger partial charge in [-0.3, -0.25) is 9.59 Å². The maximum Gasteiger partial charge on any atom is 0.234 e. The number of hydrogen-bond donors (Lipinski definition) is 3. The van der Waals surface area contributed by atoms with E-state index in [0.29, 0.717) is 22.2 Å². The van der Waals surface area contributed by atoms with Crippen LogP contribution in [0.4, 0.5) is 11.4 Å². The molecule has 0 unspecified atom stereocenters. The van der Waals surface area contributed by atoms with Crippen molar-refractivity contribution in [2.24, 2.45) is 0 Å². The molecule has 0 bridgehead atoms. The van der Waals surface area contributed by atoms with Crippen molar-refractivity contribution in [2.45, 2.75) is 11.8 Å². The largest absolute Gasteiger partial charge is 0.332 e. The molecule has 0 fully saturated rings. The van der Waals surface area contributed by atoms with Crippen LogP contribution in [-0.2, 0) is 9.59 Å². The van der Waals surface area contributed by atoms with Gasteiger partial charge in [0.05, 0.1) is 5.75 Å². The third-order valence-electron chi connectivity index (χ3n) is 2.90. The molecule has 2 aromatic carbocycles. The Kier molecular flexibility index (Phi) is 7.24. The fourth-order valence-corrected chi connectivity index (χ4v) is 2.92. The fourth-order valence-electron chi connectivity index (χ4n) is 1.84. The summed E-state index contributed by atoms with van der Waals surface area (Å²) in [4.78, 5) is 23.9. The number of rotatable bonds is 5. The summed E-state index contributed by atoms with van der Waals surface area (Å²) in [5, 5.41) is 9.06. The minimum atomic E-state index is -0.237. The van der Waals surface area contributed by atoms with Gasteiger partial charge in [0.1, 0.15) is 0 Å². The number of carbonyl (C=O) groups excluding carboxylic acids is 2. The number of carbonyl (C=O) groups is 2. The molecule has 0 aromatic heterocycles. The lowest BCUT2D eigenvalue weighted by atomic mass is 10.3. The molecule has 2 amide bonds. The zero-order valence-corrected chi connectivity index (χ0v) is 15.7. The van der Waals surface area contributed by atoms with Gasteiger partial charge < -0.3 is 16.0 Å². The number of thioether (sulfide) groups is 1. The van der Waals surface area contributed by atoms with Crippen molar-refractivity contribution in [2.75, 3.05) is 16.4 Å². The summed E-state index contributed by atoms with van der Waals surface area (Å²) >= 11 is 12.2. The van der Waals surface area contributed by atoms with E-state index in [1.54, 1.807) is 36.4 Å². The molecular weight excluding hydrogens is 378 g/mol. The van der Waals surface area contributed by atoms with E-state index in [4.69, 9.17) is 23.8 Å². The topological polar surface area (TPSA) is 70.2 Å². The van der Waals surface area contributed by atoms with Crippen molar-refractivity contribution in [1.82, 2.24) is 5.32 Å². The first kappa shape index (κ1) is 19.2.